The minimum Gasteiger partial charge on any atom is -0.395 e. The molecule has 0 radical (unpaired) electrons. The van der Waals surface area contributed by atoms with Crippen LogP contribution < -0.4 is 5.73 Å². The summed E-state index contributed by atoms with van der Waals surface area (Å²) >= 11 is 0. The number of aromatic amines is 1. The van der Waals surface area contributed by atoms with Crippen molar-refractivity contribution in [3.8, 4) is 12.3 Å². The average molecular weight is 220 g/mol. The largest absolute Gasteiger partial charge is 0.395 e. The highest BCUT2D eigenvalue weighted by Crippen LogP contribution is 2.14. The highest BCUT2D eigenvalue weighted by atomic mass is 16.2. The summed E-state index contributed by atoms with van der Waals surface area (Å²) in [6.07, 6.45) is 6.06. The molecule has 1 amide bonds. The van der Waals surface area contributed by atoms with Crippen LogP contribution in [0, 0.1) is 19.3 Å². The number of nitrogens with two attached hydrogens (primary N) is 1. The third kappa shape index (κ3) is 2.34. The van der Waals surface area contributed by atoms with Crippen LogP contribution in [0.15, 0.2) is 0 Å². The predicted octanol–water partition coefficient (Wildman–Crippen LogP) is 0.786. The lowest BCUT2D eigenvalue weighted by Gasteiger charge is -2.18. The van der Waals surface area contributed by atoms with Gasteiger partial charge in [-0.2, -0.15) is 5.10 Å². The van der Waals surface area contributed by atoms with Crippen LogP contribution >= 0.6 is 0 Å². The third-order valence-corrected chi connectivity index (χ3v) is 2.26. The Morgan fingerprint density at radius 2 is 2.38 bits per heavy atom. The van der Waals surface area contributed by atoms with E-state index in [1.54, 1.807) is 11.8 Å². The maximum Gasteiger partial charge on any atom is 0.277 e. The number of hydrogen-bond acceptors (Lipinski definition) is 3. The van der Waals surface area contributed by atoms with Crippen molar-refractivity contribution in [2.75, 3.05) is 18.8 Å². The summed E-state index contributed by atoms with van der Waals surface area (Å²) in [7, 11) is 0. The van der Waals surface area contributed by atoms with Gasteiger partial charge in [0.1, 0.15) is 0 Å². The molecule has 0 aliphatic rings. The standard InChI is InChI=1S/C11H16N4O/c1-4-6-15(7-5-2)11(16)10-9(12)8(3)13-14-10/h1H,5-7,12H2,2-3H3,(H,13,14). The summed E-state index contributed by atoms with van der Waals surface area (Å²) < 4.78 is 0. The second kappa shape index (κ2) is 5.21. The van der Waals surface area contributed by atoms with Gasteiger partial charge in [0.15, 0.2) is 5.69 Å². The van der Waals surface area contributed by atoms with Gasteiger partial charge in [-0.05, 0) is 13.3 Å². The number of anilines is 1. The van der Waals surface area contributed by atoms with Crippen molar-refractivity contribution in [3.63, 3.8) is 0 Å². The number of nitrogen functional groups attached to an aromatic ring is 1. The van der Waals surface area contributed by atoms with E-state index < -0.39 is 0 Å². The molecule has 16 heavy (non-hydrogen) atoms. The van der Waals surface area contributed by atoms with E-state index in [0.717, 1.165) is 6.42 Å². The Labute approximate surface area is 95.0 Å². The number of nitrogens with zero attached hydrogens (tertiary/aromatic N) is 2. The quantitative estimate of drug-likeness (QED) is 0.736. The van der Waals surface area contributed by atoms with Gasteiger partial charge in [0.2, 0.25) is 0 Å². The summed E-state index contributed by atoms with van der Waals surface area (Å²) in [5.41, 5.74) is 7.08. The zero-order valence-electron chi connectivity index (χ0n) is 9.58. The molecule has 86 valence electrons. The topological polar surface area (TPSA) is 75.0 Å². The highest BCUT2D eigenvalue weighted by molar-refractivity contribution is 5.97. The maximum absolute atomic E-state index is 12.0. The van der Waals surface area contributed by atoms with Gasteiger partial charge in [0.25, 0.3) is 5.91 Å². The fourth-order valence-corrected chi connectivity index (χ4v) is 1.38. The molecule has 0 aliphatic carbocycles. The van der Waals surface area contributed by atoms with Crippen LogP contribution in [-0.2, 0) is 0 Å². The lowest BCUT2D eigenvalue weighted by Crippen LogP contribution is -2.32. The van der Waals surface area contributed by atoms with Gasteiger partial charge < -0.3 is 10.6 Å². The Balaban J connectivity index is 2.91. The smallest absolute Gasteiger partial charge is 0.277 e. The molecule has 0 bridgehead atoms. The Morgan fingerprint density at radius 1 is 1.69 bits per heavy atom. The second-order valence-electron chi connectivity index (χ2n) is 3.54. The zero-order valence-corrected chi connectivity index (χ0v) is 9.58. The molecule has 1 aromatic rings. The van der Waals surface area contributed by atoms with Gasteiger partial charge >= 0.3 is 0 Å². The Hall–Kier alpha value is -1.96. The second-order valence-corrected chi connectivity index (χ2v) is 3.54. The van der Waals surface area contributed by atoms with Gasteiger partial charge in [0, 0.05) is 6.54 Å². The van der Waals surface area contributed by atoms with E-state index in [4.69, 9.17) is 12.2 Å². The van der Waals surface area contributed by atoms with Crippen LogP contribution in [0.1, 0.15) is 29.5 Å². The molecule has 0 aromatic carbocycles. The van der Waals surface area contributed by atoms with Gasteiger partial charge in [-0.25, -0.2) is 0 Å². The first-order valence-corrected chi connectivity index (χ1v) is 5.15. The third-order valence-electron chi connectivity index (χ3n) is 2.26. The summed E-state index contributed by atoms with van der Waals surface area (Å²) in [5.74, 6) is 2.24. The van der Waals surface area contributed by atoms with Crippen molar-refractivity contribution in [2.24, 2.45) is 0 Å². The number of hydrogen-bond donors (Lipinski definition) is 2. The van der Waals surface area contributed by atoms with Crippen molar-refractivity contribution in [1.29, 1.82) is 0 Å². The molecule has 1 aromatic heterocycles. The first-order chi connectivity index (χ1) is 7.61. The van der Waals surface area contributed by atoms with Crippen LogP contribution in [0.3, 0.4) is 0 Å². The monoisotopic (exact) mass is 220 g/mol. The predicted molar refractivity (Wildman–Crippen MR) is 62.8 cm³/mol. The minimum atomic E-state index is -0.221. The summed E-state index contributed by atoms with van der Waals surface area (Å²) in [4.78, 5) is 13.6. The molecular weight excluding hydrogens is 204 g/mol. The molecule has 3 N–H and O–H groups in total. The molecule has 0 saturated carbocycles. The molecule has 0 spiro atoms. The summed E-state index contributed by atoms with van der Waals surface area (Å²) in [6, 6.07) is 0. The van der Waals surface area contributed by atoms with E-state index in [2.05, 4.69) is 16.1 Å². The first kappa shape index (κ1) is 12.1. The fraction of sp³-hybridized carbons (Fsp3) is 0.455. The SMILES string of the molecule is C#CCN(CCC)C(=O)c1n[nH]c(C)c1N. The fourth-order valence-electron chi connectivity index (χ4n) is 1.38. The lowest BCUT2D eigenvalue weighted by atomic mass is 10.2. The molecule has 0 saturated heterocycles. The van der Waals surface area contributed by atoms with E-state index in [-0.39, 0.29) is 18.1 Å². The normalized spacial score (nSPS) is 9.81. The van der Waals surface area contributed by atoms with E-state index >= 15 is 0 Å². The Kier molecular flexibility index (Phi) is 3.95. The Bertz CT molecular complexity index is 416. The number of amides is 1. The number of carbonyl (C=O) groups excluding carboxylic acids is 1. The first-order valence-electron chi connectivity index (χ1n) is 5.15. The van der Waals surface area contributed by atoms with Gasteiger partial charge in [-0.1, -0.05) is 12.8 Å². The van der Waals surface area contributed by atoms with Crippen molar-refractivity contribution < 1.29 is 4.79 Å². The van der Waals surface area contributed by atoms with Crippen LogP contribution in [0.5, 0.6) is 0 Å². The molecule has 5 heteroatoms. The molecule has 0 aliphatic heterocycles. The Morgan fingerprint density at radius 3 is 2.81 bits per heavy atom. The van der Waals surface area contributed by atoms with E-state index in [1.165, 1.54) is 0 Å². The molecule has 0 fully saturated rings. The average Bonchev–Trinajstić information content (AvgIpc) is 2.59. The molecule has 1 heterocycles. The zero-order chi connectivity index (χ0) is 12.1. The maximum atomic E-state index is 12.0. The number of aryl methyl sites for hydroxylation is 1. The number of nitrogens with one attached hydrogen (secondary N) is 1. The van der Waals surface area contributed by atoms with Gasteiger partial charge in [-0.3, -0.25) is 9.89 Å². The molecular formula is C11H16N4O. The van der Waals surface area contributed by atoms with E-state index in [0.29, 0.717) is 17.9 Å². The number of terminal acetylenes is 1. The number of aromatic nitrogens is 2. The van der Waals surface area contributed by atoms with Gasteiger partial charge in [-0.15, -0.1) is 6.42 Å². The molecule has 1 rings (SSSR count). The van der Waals surface area contributed by atoms with Gasteiger partial charge in [0.05, 0.1) is 17.9 Å². The summed E-state index contributed by atoms with van der Waals surface area (Å²) in [6.45, 7) is 4.63. The van der Waals surface area contributed by atoms with Crippen LogP contribution in [-0.4, -0.2) is 34.1 Å². The molecule has 0 atom stereocenters. The molecule has 5 nitrogen and oxygen atoms in total. The van der Waals surface area contributed by atoms with E-state index in [9.17, 15) is 4.79 Å². The van der Waals surface area contributed by atoms with Crippen LogP contribution in [0.25, 0.3) is 0 Å². The number of rotatable bonds is 4. The minimum absolute atomic E-state index is 0.221. The van der Waals surface area contributed by atoms with Crippen molar-refractivity contribution >= 4 is 11.6 Å². The summed E-state index contributed by atoms with van der Waals surface area (Å²) in [5, 5.41) is 6.57. The van der Waals surface area contributed by atoms with Crippen LogP contribution in [0.2, 0.25) is 0 Å². The number of H-pyrrole nitrogens is 1. The molecule has 0 unspecified atom stereocenters. The van der Waals surface area contributed by atoms with Crippen molar-refractivity contribution in [2.45, 2.75) is 20.3 Å². The highest BCUT2D eigenvalue weighted by Gasteiger charge is 2.20. The lowest BCUT2D eigenvalue weighted by molar-refractivity contribution is 0.0772. The van der Waals surface area contributed by atoms with E-state index in [1.807, 2.05) is 6.92 Å². The van der Waals surface area contributed by atoms with Crippen molar-refractivity contribution in [3.05, 3.63) is 11.4 Å². The van der Waals surface area contributed by atoms with Crippen LogP contribution in [0.4, 0.5) is 5.69 Å². The van der Waals surface area contributed by atoms with Crippen molar-refractivity contribution in [1.82, 2.24) is 15.1 Å². The number of carbonyl (C=O) groups is 1.